The van der Waals surface area contributed by atoms with Crippen molar-refractivity contribution in [2.24, 2.45) is 5.73 Å². The average Bonchev–Trinajstić information content (AvgIpc) is 2.58. The van der Waals surface area contributed by atoms with Gasteiger partial charge in [0.2, 0.25) is 6.10 Å². The summed E-state index contributed by atoms with van der Waals surface area (Å²) in [6.07, 6.45) is 0.622. The van der Waals surface area contributed by atoms with Crippen LogP contribution in [-0.2, 0) is 16.0 Å². The number of nitrogens with two attached hydrogens (primary N) is 1. The highest BCUT2D eigenvalue weighted by Crippen LogP contribution is 2.27. The number of hydrogen-bond acceptors (Lipinski definition) is 4. The lowest BCUT2D eigenvalue weighted by Gasteiger charge is -2.19. The third kappa shape index (κ3) is 3.59. The van der Waals surface area contributed by atoms with E-state index in [2.05, 4.69) is 15.9 Å². The molecule has 5 nitrogen and oxygen atoms in total. The molecule has 1 amide bonds. The maximum absolute atomic E-state index is 12.4. The molecule has 0 aromatic heterocycles. The smallest absolute Gasteiger partial charge is 0.339 e. The van der Waals surface area contributed by atoms with Crippen LogP contribution in [0.5, 0.6) is 5.75 Å². The van der Waals surface area contributed by atoms with Gasteiger partial charge in [0.05, 0.1) is 12.2 Å². The van der Waals surface area contributed by atoms with Crippen molar-refractivity contribution in [1.82, 2.24) is 0 Å². The maximum Gasteiger partial charge on any atom is 0.339 e. The minimum Gasteiger partial charge on any atom is -0.493 e. The summed E-state index contributed by atoms with van der Waals surface area (Å²) in [5.74, 6) is -0.522. The molecule has 3 rings (SSSR count). The Morgan fingerprint density at radius 3 is 2.79 bits per heavy atom. The Kier molecular flexibility index (Phi) is 4.85. The van der Waals surface area contributed by atoms with Gasteiger partial charge in [0, 0.05) is 10.0 Å². The number of halogens is 1. The zero-order chi connectivity index (χ0) is 17.1. The van der Waals surface area contributed by atoms with Crippen LogP contribution in [0.15, 0.2) is 46.9 Å². The minimum atomic E-state index is -1.14. The Labute approximate surface area is 147 Å². The maximum atomic E-state index is 12.4. The van der Waals surface area contributed by atoms with Crippen LogP contribution in [0.1, 0.15) is 34.0 Å². The summed E-state index contributed by atoms with van der Waals surface area (Å²) >= 11 is 3.33. The normalized spacial score (nSPS) is 14.2. The molecule has 124 valence electrons. The quantitative estimate of drug-likeness (QED) is 0.814. The fraction of sp³-hybridized carbons (Fsp3) is 0.222. The highest BCUT2D eigenvalue weighted by Gasteiger charge is 2.24. The molecule has 2 aromatic rings. The van der Waals surface area contributed by atoms with E-state index >= 15 is 0 Å². The molecule has 0 fully saturated rings. The van der Waals surface area contributed by atoms with Crippen LogP contribution in [0, 0.1) is 0 Å². The number of carbonyl (C=O) groups is 2. The standard InChI is InChI=1S/C18H16BrNO4/c19-14-5-1-3-12(10-14)16(17(20)21)24-18(22)13-6-7-15-11(9-13)4-2-8-23-15/h1,3,5-7,9-10,16H,2,4,8H2,(H2,20,21). The largest absolute Gasteiger partial charge is 0.493 e. The second kappa shape index (κ2) is 7.05. The van der Waals surface area contributed by atoms with Gasteiger partial charge in [-0.2, -0.15) is 0 Å². The Bertz CT molecular complexity index is 790. The SMILES string of the molecule is NC(=O)C(OC(=O)c1ccc2c(c1)CCCO2)c1cccc(Br)c1. The number of primary amides is 1. The Balaban J connectivity index is 1.82. The summed E-state index contributed by atoms with van der Waals surface area (Å²) in [5, 5.41) is 0. The van der Waals surface area contributed by atoms with Crippen LogP contribution < -0.4 is 10.5 Å². The molecule has 1 atom stereocenters. The molecule has 24 heavy (non-hydrogen) atoms. The number of esters is 1. The van der Waals surface area contributed by atoms with Gasteiger partial charge in [-0.25, -0.2) is 4.79 Å². The Morgan fingerprint density at radius 1 is 1.21 bits per heavy atom. The summed E-state index contributed by atoms with van der Waals surface area (Å²) in [6, 6.07) is 12.1. The predicted molar refractivity (Wildman–Crippen MR) is 91.8 cm³/mol. The third-order valence-electron chi connectivity index (χ3n) is 3.78. The van der Waals surface area contributed by atoms with Crippen LogP contribution in [-0.4, -0.2) is 18.5 Å². The topological polar surface area (TPSA) is 78.6 Å². The van der Waals surface area contributed by atoms with Gasteiger partial charge in [-0.05, 0) is 48.7 Å². The first kappa shape index (κ1) is 16.5. The minimum absolute atomic E-state index is 0.375. The second-order valence-electron chi connectivity index (χ2n) is 5.52. The van der Waals surface area contributed by atoms with Crippen LogP contribution in [0.25, 0.3) is 0 Å². The molecule has 1 aliphatic rings. The van der Waals surface area contributed by atoms with E-state index in [1.165, 1.54) is 0 Å². The molecule has 1 aliphatic heterocycles. The Morgan fingerprint density at radius 2 is 2.04 bits per heavy atom. The van der Waals surface area contributed by atoms with E-state index in [1.54, 1.807) is 36.4 Å². The van der Waals surface area contributed by atoms with Gasteiger partial charge in [-0.15, -0.1) is 0 Å². The Hall–Kier alpha value is -2.34. The van der Waals surface area contributed by atoms with Gasteiger partial charge >= 0.3 is 5.97 Å². The van der Waals surface area contributed by atoms with Crippen molar-refractivity contribution < 1.29 is 19.1 Å². The van der Waals surface area contributed by atoms with Crippen molar-refractivity contribution in [3.8, 4) is 5.75 Å². The summed E-state index contributed by atoms with van der Waals surface area (Å²) in [5.41, 5.74) is 7.27. The van der Waals surface area contributed by atoms with E-state index < -0.39 is 18.0 Å². The molecular weight excluding hydrogens is 374 g/mol. The van der Waals surface area contributed by atoms with Crippen LogP contribution >= 0.6 is 15.9 Å². The second-order valence-corrected chi connectivity index (χ2v) is 6.43. The molecule has 0 spiro atoms. The third-order valence-corrected chi connectivity index (χ3v) is 4.27. The molecule has 2 N–H and O–H groups in total. The summed E-state index contributed by atoms with van der Waals surface area (Å²) in [6.45, 7) is 0.684. The first-order valence-corrected chi connectivity index (χ1v) is 8.35. The number of ether oxygens (including phenoxy) is 2. The van der Waals surface area contributed by atoms with E-state index in [9.17, 15) is 9.59 Å². The molecule has 0 saturated heterocycles. The number of amides is 1. The molecular formula is C18H16BrNO4. The van der Waals surface area contributed by atoms with Crippen LogP contribution in [0.3, 0.4) is 0 Å². The number of fused-ring (bicyclic) bond motifs is 1. The molecule has 2 aromatic carbocycles. The number of carbonyl (C=O) groups excluding carboxylic acids is 2. The van der Waals surface area contributed by atoms with Crippen molar-refractivity contribution in [2.45, 2.75) is 18.9 Å². The van der Waals surface area contributed by atoms with E-state index in [4.69, 9.17) is 15.2 Å². The zero-order valence-electron chi connectivity index (χ0n) is 12.8. The van der Waals surface area contributed by atoms with Crippen LogP contribution in [0.2, 0.25) is 0 Å². The fourth-order valence-corrected chi connectivity index (χ4v) is 3.04. The van der Waals surface area contributed by atoms with Crippen molar-refractivity contribution in [2.75, 3.05) is 6.61 Å². The van der Waals surface area contributed by atoms with E-state index in [-0.39, 0.29) is 0 Å². The molecule has 1 heterocycles. The van der Waals surface area contributed by atoms with Crippen molar-refractivity contribution >= 4 is 27.8 Å². The summed E-state index contributed by atoms with van der Waals surface area (Å²) in [4.78, 5) is 24.1. The van der Waals surface area contributed by atoms with Gasteiger partial charge in [0.15, 0.2) is 0 Å². The first-order valence-electron chi connectivity index (χ1n) is 7.56. The number of hydrogen-bond donors (Lipinski definition) is 1. The van der Waals surface area contributed by atoms with Crippen molar-refractivity contribution in [1.29, 1.82) is 0 Å². The molecule has 0 bridgehead atoms. The predicted octanol–water partition coefficient (Wildman–Crippen LogP) is 3.16. The van der Waals surface area contributed by atoms with Gasteiger partial charge in [0.25, 0.3) is 5.91 Å². The first-order chi connectivity index (χ1) is 11.5. The molecule has 6 heteroatoms. The highest BCUT2D eigenvalue weighted by atomic mass is 79.9. The zero-order valence-corrected chi connectivity index (χ0v) is 14.4. The molecule has 0 saturated carbocycles. The van der Waals surface area contributed by atoms with Crippen molar-refractivity contribution in [3.05, 3.63) is 63.6 Å². The number of benzene rings is 2. The van der Waals surface area contributed by atoms with E-state index in [1.807, 2.05) is 6.07 Å². The van der Waals surface area contributed by atoms with E-state index in [0.29, 0.717) is 17.7 Å². The van der Waals surface area contributed by atoms with Crippen LogP contribution in [0.4, 0.5) is 0 Å². The molecule has 0 aliphatic carbocycles. The number of aryl methyl sites for hydroxylation is 1. The summed E-state index contributed by atoms with van der Waals surface area (Å²) in [7, 11) is 0. The van der Waals surface area contributed by atoms with Gasteiger partial charge in [-0.3, -0.25) is 4.79 Å². The molecule has 0 radical (unpaired) electrons. The number of rotatable bonds is 4. The van der Waals surface area contributed by atoms with Gasteiger partial charge in [0.1, 0.15) is 5.75 Å². The monoisotopic (exact) mass is 389 g/mol. The summed E-state index contributed by atoms with van der Waals surface area (Å²) < 4.78 is 11.7. The highest BCUT2D eigenvalue weighted by molar-refractivity contribution is 9.10. The lowest BCUT2D eigenvalue weighted by Crippen LogP contribution is -2.26. The van der Waals surface area contributed by atoms with Crippen molar-refractivity contribution in [3.63, 3.8) is 0 Å². The lowest BCUT2D eigenvalue weighted by molar-refractivity contribution is -0.127. The molecule has 1 unspecified atom stereocenters. The van der Waals surface area contributed by atoms with E-state index in [0.717, 1.165) is 28.6 Å². The van der Waals surface area contributed by atoms with Gasteiger partial charge in [-0.1, -0.05) is 28.1 Å². The average molecular weight is 390 g/mol. The lowest BCUT2D eigenvalue weighted by atomic mass is 10.0. The fourth-order valence-electron chi connectivity index (χ4n) is 2.62. The van der Waals surface area contributed by atoms with Gasteiger partial charge < -0.3 is 15.2 Å².